The average Bonchev–Trinajstić information content (AvgIpc) is 2.26. The molecule has 6 heteroatoms. The summed E-state index contributed by atoms with van der Waals surface area (Å²) in [6.07, 6.45) is 0. The molecule has 0 radical (unpaired) electrons. The van der Waals surface area contributed by atoms with Gasteiger partial charge in [-0.1, -0.05) is 6.07 Å². The Labute approximate surface area is 119 Å². The summed E-state index contributed by atoms with van der Waals surface area (Å²) in [5.41, 5.74) is -0.147. The van der Waals surface area contributed by atoms with Gasteiger partial charge in [0.25, 0.3) is 0 Å². The van der Waals surface area contributed by atoms with Gasteiger partial charge in [0.1, 0.15) is 0 Å². The maximum absolute atomic E-state index is 12.2. The van der Waals surface area contributed by atoms with Crippen molar-refractivity contribution in [1.82, 2.24) is 0 Å². The molecule has 0 bridgehead atoms. The number of rotatable bonds is 5. The van der Waals surface area contributed by atoms with Crippen LogP contribution in [0.15, 0.2) is 23.1 Å². The van der Waals surface area contributed by atoms with Crippen LogP contribution in [0.4, 0.5) is 0 Å². The van der Waals surface area contributed by atoms with Gasteiger partial charge in [0.05, 0.1) is 28.4 Å². The standard InChI is InChI=1S/C14H20O5S/c1-10-11(13(15)16)6-5-7-12(10)20(17,18)9-8-19-14(2,3)4/h5-7H,8-9H2,1-4H3,(H,15,16). The van der Waals surface area contributed by atoms with Crippen molar-refractivity contribution in [3.05, 3.63) is 29.3 Å². The molecule has 0 aliphatic heterocycles. The van der Waals surface area contributed by atoms with Crippen molar-refractivity contribution in [3.8, 4) is 0 Å². The summed E-state index contributed by atoms with van der Waals surface area (Å²) in [6, 6.07) is 4.25. The van der Waals surface area contributed by atoms with E-state index in [9.17, 15) is 13.2 Å². The van der Waals surface area contributed by atoms with E-state index in [-0.39, 0.29) is 28.4 Å². The molecule has 0 atom stereocenters. The molecular weight excluding hydrogens is 280 g/mol. The van der Waals surface area contributed by atoms with Crippen LogP contribution in [0.1, 0.15) is 36.7 Å². The molecule has 1 rings (SSSR count). The Morgan fingerprint density at radius 1 is 1.30 bits per heavy atom. The second-order valence-electron chi connectivity index (χ2n) is 5.51. The third kappa shape index (κ3) is 4.31. The zero-order chi connectivity index (χ0) is 15.6. The number of aromatic carboxylic acids is 1. The Bertz CT molecular complexity index is 596. The van der Waals surface area contributed by atoms with Crippen molar-refractivity contribution >= 4 is 15.8 Å². The van der Waals surface area contributed by atoms with E-state index in [1.54, 1.807) is 0 Å². The third-order valence-corrected chi connectivity index (χ3v) is 4.55. The Morgan fingerprint density at radius 3 is 2.40 bits per heavy atom. The number of hydrogen-bond donors (Lipinski definition) is 1. The summed E-state index contributed by atoms with van der Waals surface area (Å²) in [5, 5.41) is 9.02. The summed E-state index contributed by atoms with van der Waals surface area (Å²) in [7, 11) is -3.56. The van der Waals surface area contributed by atoms with Crippen LogP contribution in [0.5, 0.6) is 0 Å². The lowest BCUT2D eigenvalue weighted by Gasteiger charge is -2.19. The van der Waals surface area contributed by atoms with Crippen LogP contribution < -0.4 is 0 Å². The van der Waals surface area contributed by atoms with Crippen LogP contribution in [-0.2, 0) is 14.6 Å². The zero-order valence-electron chi connectivity index (χ0n) is 12.1. The summed E-state index contributed by atoms with van der Waals surface area (Å²) in [4.78, 5) is 11.1. The van der Waals surface area contributed by atoms with Crippen molar-refractivity contribution in [2.24, 2.45) is 0 Å². The van der Waals surface area contributed by atoms with Crippen molar-refractivity contribution in [2.45, 2.75) is 38.2 Å². The third-order valence-electron chi connectivity index (χ3n) is 2.74. The molecule has 0 spiro atoms. The Kier molecular flexibility index (Phi) is 4.94. The highest BCUT2D eigenvalue weighted by Gasteiger charge is 2.21. The molecule has 0 aliphatic rings. The Morgan fingerprint density at radius 2 is 1.90 bits per heavy atom. The molecule has 0 aliphatic carbocycles. The SMILES string of the molecule is Cc1c(C(=O)O)cccc1S(=O)(=O)CCOC(C)(C)C. The maximum atomic E-state index is 12.2. The predicted molar refractivity (Wildman–Crippen MR) is 75.9 cm³/mol. The van der Waals surface area contributed by atoms with Crippen molar-refractivity contribution < 1.29 is 23.1 Å². The highest BCUT2D eigenvalue weighted by molar-refractivity contribution is 7.91. The van der Waals surface area contributed by atoms with Gasteiger partial charge in [-0.3, -0.25) is 0 Å². The highest BCUT2D eigenvalue weighted by atomic mass is 32.2. The number of carboxylic acids is 1. The molecule has 1 aromatic carbocycles. The van der Waals surface area contributed by atoms with E-state index in [0.29, 0.717) is 0 Å². The number of ether oxygens (including phenoxy) is 1. The first-order valence-electron chi connectivity index (χ1n) is 6.24. The summed E-state index contributed by atoms with van der Waals surface area (Å²) in [6.45, 7) is 7.10. The van der Waals surface area contributed by atoms with Crippen molar-refractivity contribution in [3.63, 3.8) is 0 Å². The molecule has 0 saturated carbocycles. The van der Waals surface area contributed by atoms with Gasteiger partial charge in [-0.25, -0.2) is 13.2 Å². The molecule has 1 aromatic rings. The fourth-order valence-corrected chi connectivity index (χ4v) is 3.14. The first kappa shape index (κ1) is 16.7. The first-order chi connectivity index (χ1) is 9.04. The van der Waals surface area contributed by atoms with E-state index in [0.717, 1.165) is 0 Å². The zero-order valence-corrected chi connectivity index (χ0v) is 13.0. The highest BCUT2D eigenvalue weighted by Crippen LogP contribution is 2.20. The lowest BCUT2D eigenvalue weighted by molar-refractivity contribution is 0.00644. The minimum Gasteiger partial charge on any atom is -0.478 e. The van der Waals surface area contributed by atoms with Crippen LogP contribution in [0.2, 0.25) is 0 Å². The maximum Gasteiger partial charge on any atom is 0.335 e. The van der Waals surface area contributed by atoms with E-state index in [1.807, 2.05) is 20.8 Å². The summed E-state index contributed by atoms with van der Waals surface area (Å²) < 4.78 is 29.9. The number of carbonyl (C=O) groups is 1. The number of sulfone groups is 1. The fraction of sp³-hybridized carbons (Fsp3) is 0.500. The minimum absolute atomic E-state index is 0.00261. The van der Waals surface area contributed by atoms with Gasteiger partial charge in [-0.05, 0) is 45.4 Å². The van der Waals surface area contributed by atoms with Gasteiger partial charge in [0.15, 0.2) is 9.84 Å². The molecule has 5 nitrogen and oxygen atoms in total. The molecule has 0 amide bonds. The smallest absolute Gasteiger partial charge is 0.335 e. The number of benzene rings is 1. The second kappa shape index (κ2) is 5.93. The predicted octanol–water partition coefficient (Wildman–Crippen LogP) is 2.28. The summed E-state index contributed by atoms with van der Waals surface area (Å²) in [5.74, 6) is -1.31. The van der Waals surface area contributed by atoms with Crippen LogP contribution in [0.25, 0.3) is 0 Å². The van der Waals surface area contributed by atoms with Crippen molar-refractivity contribution in [2.75, 3.05) is 12.4 Å². The Balaban J connectivity index is 2.99. The van der Waals surface area contributed by atoms with Gasteiger partial charge < -0.3 is 9.84 Å². The van der Waals surface area contributed by atoms with Crippen molar-refractivity contribution in [1.29, 1.82) is 0 Å². The van der Waals surface area contributed by atoms with Gasteiger partial charge >= 0.3 is 5.97 Å². The first-order valence-corrected chi connectivity index (χ1v) is 7.89. The molecule has 0 fully saturated rings. The van der Waals surface area contributed by atoms with Gasteiger partial charge in [0.2, 0.25) is 0 Å². The molecule has 0 saturated heterocycles. The largest absolute Gasteiger partial charge is 0.478 e. The van der Waals surface area contributed by atoms with E-state index >= 15 is 0 Å². The fourth-order valence-electron chi connectivity index (χ4n) is 1.75. The monoisotopic (exact) mass is 300 g/mol. The van der Waals surface area contributed by atoms with E-state index in [1.165, 1.54) is 25.1 Å². The van der Waals surface area contributed by atoms with Crippen LogP contribution in [0.3, 0.4) is 0 Å². The Hall–Kier alpha value is -1.40. The quantitative estimate of drug-likeness (QED) is 0.902. The number of carboxylic acid groups (broad SMARTS) is 1. The lowest BCUT2D eigenvalue weighted by Crippen LogP contribution is -2.24. The molecule has 0 unspecified atom stereocenters. The minimum atomic E-state index is -3.56. The molecule has 1 N–H and O–H groups in total. The van der Waals surface area contributed by atoms with E-state index in [2.05, 4.69) is 0 Å². The van der Waals surface area contributed by atoms with Gasteiger partial charge in [0, 0.05) is 0 Å². The molecule has 0 heterocycles. The number of hydrogen-bond acceptors (Lipinski definition) is 4. The average molecular weight is 300 g/mol. The molecule has 112 valence electrons. The lowest BCUT2D eigenvalue weighted by atomic mass is 10.1. The van der Waals surface area contributed by atoms with E-state index in [4.69, 9.17) is 9.84 Å². The van der Waals surface area contributed by atoms with E-state index < -0.39 is 21.4 Å². The molecule has 0 aromatic heterocycles. The second-order valence-corrected chi connectivity index (χ2v) is 7.59. The van der Waals surface area contributed by atoms with Crippen LogP contribution in [-0.4, -0.2) is 37.5 Å². The van der Waals surface area contributed by atoms with Crippen LogP contribution in [0, 0.1) is 6.92 Å². The molecule has 20 heavy (non-hydrogen) atoms. The van der Waals surface area contributed by atoms with Gasteiger partial charge in [-0.15, -0.1) is 0 Å². The summed E-state index contributed by atoms with van der Waals surface area (Å²) >= 11 is 0. The normalized spacial score (nSPS) is 12.4. The van der Waals surface area contributed by atoms with Gasteiger partial charge in [-0.2, -0.15) is 0 Å². The molecular formula is C14H20O5S. The van der Waals surface area contributed by atoms with Crippen LogP contribution >= 0.6 is 0 Å². The topological polar surface area (TPSA) is 80.7 Å².